The van der Waals surface area contributed by atoms with E-state index in [-0.39, 0.29) is 48.1 Å². The van der Waals surface area contributed by atoms with Crippen LogP contribution in [0.4, 0.5) is 0 Å². The summed E-state index contributed by atoms with van der Waals surface area (Å²) in [5, 5.41) is 7.89. The van der Waals surface area contributed by atoms with E-state index in [1.165, 1.54) is 5.34 Å². The molecule has 0 amide bonds. The zero-order chi connectivity index (χ0) is 2.71. The van der Waals surface area contributed by atoms with Gasteiger partial charge < -0.3 is 6.63 Å². The van der Waals surface area contributed by atoms with Crippen molar-refractivity contribution in [3.63, 3.8) is 0 Å². The first-order valence-electron chi connectivity index (χ1n) is 0.383. The summed E-state index contributed by atoms with van der Waals surface area (Å²) in [4.78, 5) is 8.11. The van der Waals surface area contributed by atoms with Gasteiger partial charge in [-0.15, -0.1) is 4.91 Å². The second-order valence-electron chi connectivity index (χ2n) is 0.0816. The molecule has 0 aliphatic heterocycles. The third-order valence-corrected chi connectivity index (χ3v) is 0. The van der Waals surface area contributed by atoms with Crippen molar-refractivity contribution in [1.29, 1.82) is 0 Å². The van der Waals surface area contributed by atoms with E-state index in [2.05, 4.69) is 0 Å². The van der Waals surface area contributed by atoms with Crippen LogP contribution in [0.2, 0.25) is 0 Å². The van der Waals surface area contributed by atoms with E-state index in [9.17, 15) is 0 Å². The standard InChI is InChI=1S/Fe.HNO2.Na.H/c;2-1-3;;/h;(H,2,3);;/q;;+1;-1. The molecule has 0 atom stereocenters. The van der Waals surface area contributed by atoms with Gasteiger partial charge in [-0.2, -0.15) is 0 Å². The van der Waals surface area contributed by atoms with Gasteiger partial charge in [-0.3, -0.25) is 0 Å². The molecule has 0 saturated carbocycles. The minimum absolute atomic E-state index is 0. The molecule has 0 aliphatic carbocycles. The molecule has 0 rings (SSSR count). The first-order chi connectivity index (χ1) is 1.41. The smallest absolute Gasteiger partial charge is 1.00 e. The SMILES string of the molecule is O=NO.[Fe].[H-].[Na+]. The average molecular weight is 127 g/mol. The van der Waals surface area contributed by atoms with E-state index in [1.54, 1.807) is 0 Å². The molecule has 0 unspecified atom stereocenters. The van der Waals surface area contributed by atoms with Gasteiger partial charge in [-0.1, -0.05) is 0 Å². The molecule has 0 aromatic heterocycles. The van der Waals surface area contributed by atoms with E-state index in [4.69, 9.17) is 10.1 Å². The second-order valence-corrected chi connectivity index (χ2v) is 0.0816. The fourth-order valence-corrected chi connectivity index (χ4v) is 0. The van der Waals surface area contributed by atoms with Crippen LogP contribution in [-0.2, 0) is 17.1 Å². The third kappa shape index (κ3) is 49.6. The Morgan fingerprint density at radius 2 is 1.80 bits per heavy atom. The van der Waals surface area contributed by atoms with Gasteiger partial charge in [0, 0.05) is 17.1 Å². The van der Waals surface area contributed by atoms with Crippen LogP contribution in [0.15, 0.2) is 5.34 Å². The van der Waals surface area contributed by atoms with Crippen LogP contribution in [-0.4, -0.2) is 5.21 Å². The summed E-state index contributed by atoms with van der Waals surface area (Å²) < 4.78 is 0. The maximum Gasteiger partial charge on any atom is 1.00 e. The molecule has 0 aromatic rings. The second kappa shape index (κ2) is 20.5. The Morgan fingerprint density at radius 1 is 1.80 bits per heavy atom. The number of rotatable bonds is 0. The predicted molar refractivity (Wildman–Crippen MR) is 8.69 cm³/mol. The third-order valence-electron chi connectivity index (χ3n) is 0. The van der Waals surface area contributed by atoms with Crippen LogP contribution in [0.1, 0.15) is 1.43 Å². The largest absolute Gasteiger partial charge is 1.00 e. The fourth-order valence-electron chi connectivity index (χ4n) is 0. The van der Waals surface area contributed by atoms with Crippen molar-refractivity contribution in [2.75, 3.05) is 0 Å². The van der Waals surface area contributed by atoms with Crippen molar-refractivity contribution >= 4 is 0 Å². The Kier molecular flexibility index (Phi) is 69.0. The molecule has 0 fully saturated rings. The van der Waals surface area contributed by atoms with Gasteiger partial charge in [0.25, 0.3) is 0 Å². The first kappa shape index (κ1) is 16.8. The van der Waals surface area contributed by atoms with Gasteiger partial charge in [0.05, 0.1) is 0 Å². The Balaban J connectivity index is -0.00000000667. The maximum absolute atomic E-state index is 8.11. The van der Waals surface area contributed by atoms with Gasteiger partial charge in [0.1, 0.15) is 0 Å². The van der Waals surface area contributed by atoms with Crippen molar-refractivity contribution in [2.45, 2.75) is 0 Å². The predicted octanol–water partition coefficient (Wildman–Crippen LogP) is -2.74. The van der Waals surface area contributed by atoms with Crippen molar-refractivity contribution in [1.82, 2.24) is 0 Å². The van der Waals surface area contributed by atoms with Gasteiger partial charge >= 0.3 is 29.6 Å². The first-order valence-corrected chi connectivity index (χ1v) is 0.383. The average Bonchev–Trinajstić information content (AvgIpc) is 0.918. The molecule has 5 heteroatoms. The normalized spacial score (nSPS) is 2.40. The van der Waals surface area contributed by atoms with Crippen molar-refractivity contribution in [3.8, 4) is 0 Å². The Hall–Kier alpha value is 0.919. The van der Waals surface area contributed by atoms with E-state index in [0.717, 1.165) is 0 Å². The van der Waals surface area contributed by atoms with Gasteiger partial charge in [0.15, 0.2) is 5.34 Å². The molecule has 0 heterocycles. The maximum atomic E-state index is 8.11. The minimum atomic E-state index is 0. The number of hydrogen-bond donors (Lipinski definition) is 1. The summed E-state index contributed by atoms with van der Waals surface area (Å²) in [6.07, 6.45) is 0. The summed E-state index contributed by atoms with van der Waals surface area (Å²) in [5.41, 5.74) is 0. The summed E-state index contributed by atoms with van der Waals surface area (Å²) >= 11 is 0. The summed E-state index contributed by atoms with van der Waals surface area (Å²) in [6, 6.07) is 0. The zero-order valence-electron chi connectivity index (χ0n) is 3.66. The Labute approximate surface area is 63.3 Å². The molecule has 0 aliphatic rings. The van der Waals surface area contributed by atoms with Gasteiger partial charge in [-0.05, 0) is 0 Å². The van der Waals surface area contributed by atoms with Crippen LogP contribution in [0.3, 0.4) is 0 Å². The summed E-state index contributed by atoms with van der Waals surface area (Å²) in [7, 11) is 0. The van der Waals surface area contributed by atoms with Crippen molar-refractivity contribution < 1.29 is 53.3 Å². The molecule has 28 valence electrons. The Morgan fingerprint density at radius 3 is 1.80 bits per heavy atom. The topological polar surface area (TPSA) is 49.7 Å². The minimum Gasteiger partial charge on any atom is -1.00 e. The molecular weight excluding hydrogens is 125 g/mol. The molecule has 0 aromatic carbocycles. The fraction of sp³-hybridized carbons (Fsp3) is 0. The number of hydrogen-bond acceptors (Lipinski definition) is 2. The van der Waals surface area contributed by atoms with Crippen molar-refractivity contribution in [2.24, 2.45) is 5.34 Å². The molecule has 0 bridgehead atoms. The van der Waals surface area contributed by atoms with E-state index in [0.29, 0.717) is 0 Å². The van der Waals surface area contributed by atoms with Gasteiger partial charge in [-0.25, -0.2) is 0 Å². The Bertz CT molecular complexity index is 21.0. The molecule has 0 saturated heterocycles. The van der Waals surface area contributed by atoms with Crippen LogP contribution >= 0.6 is 0 Å². The number of nitrogens with zero attached hydrogens (tertiary/aromatic N) is 1. The molecule has 0 radical (unpaired) electrons. The molecule has 1 N–H and O–H groups in total. The molecule has 0 spiro atoms. The summed E-state index contributed by atoms with van der Waals surface area (Å²) in [6.45, 7) is 0. The van der Waals surface area contributed by atoms with E-state index >= 15 is 0 Å². The van der Waals surface area contributed by atoms with Crippen LogP contribution in [0, 0.1) is 4.91 Å². The summed E-state index contributed by atoms with van der Waals surface area (Å²) in [5.74, 6) is 0. The van der Waals surface area contributed by atoms with Crippen LogP contribution in [0.5, 0.6) is 0 Å². The monoisotopic (exact) mass is 127 g/mol. The molecule has 5 heavy (non-hydrogen) atoms. The quantitative estimate of drug-likeness (QED) is 0.218. The van der Waals surface area contributed by atoms with Crippen LogP contribution < -0.4 is 29.6 Å². The zero-order valence-corrected chi connectivity index (χ0v) is 5.76. The van der Waals surface area contributed by atoms with Crippen molar-refractivity contribution in [3.05, 3.63) is 4.91 Å². The van der Waals surface area contributed by atoms with Gasteiger partial charge in [0.2, 0.25) is 0 Å². The van der Waals surface area contributed by atoms with E-state index in [1.807, 2.05) is 0 Å². The van der Waals surface area contributed by atoms with E-state index < -0.39 is 0 Å². The molecule has 3 nitrogen and oxygen atoms in total. The molecular formula is H2FeNNaO2. The van der Waals surface area contributed by atoms with Crippen LogP contribution in [0.25, 0.3) is 0 Å².